The van der Waals surface area contributed by atoms with E-state index in [9.17, 15) is 4.79 Å². The van der Waals surface area contributed by atoms with Gasteiger partial charge in [-0.15, -0.1) is 6.42 Å². The largest absolute Gasteiger partial charge is 0.488 e. The predicted molar refractivity (Wildman–Crippen MR) is 86.8 cm³/mol. The highest BCUT2D eigenvalue weighted by Gasteiger charge is 2.10. The molecule has 106 valence electrons. The number of carbonyl (C=O) groups is 1. The van der Waals surface area contributed by atoms with Crippen LogP contribution in [0, 0.1) is 15.9 Å². The highest BCUT2D eigenvalue weighted by atomic mass is 127. The van der Waals surface area contributed by atoms with E-state index in [1.54, 1.807) is 30.6 Å². The van der Waals surface area contributed by atoms with Crippen molar-refractivity contribution < 1.29 is 14.3 Å². The molecule has 21 heavy (non-hydrogen) atoms. The number of hydrogen-bond acceptors (Lipinski definition) is 4. The summed E-state index contributed by atoms with van der Waals surface area (Å²) in [5.74, 6) is 2.52. The number of pyridine rings is 1. The van der Waals surface area contributed by atoms with Gasteiger partial charge in [0, 0.05) is 18.0 Å². The number of hydrogen-bond donors (Lipinski definition) is 0. The van der Waals surface area contributed by atoms with Gasteiger partial charge in [0.15, 0.2) is 6.61 Å². The molecule has 0 unspecified atom stereocenters. The Morgan fingerprint density at radius 3 is 2.90 bits per heavy atom. The third-order valence-corrected chi connectivity index (χ3v) is 3.41. The number of carbonyl (C=O) groups excluding carboxylic acids is 1. The van der Waals surface area contributed by atoms with Gasteiger partial charge in [-0.25, -0.2) is 4.79 Å². The molecular formula is C16H12INO3. The number of benzene rings is 1. The number of rotatable bonds is 5. The van der Waals surface area contributed by atoms with Gasteiger partial charge in [-0.1, -0.05) is 12.0 Å². The van der Waals surface area contributed by atoms with Crippen molar-refractivity contribution in [3.8, 4) is 18.1 Å². The first kappa shape index (κ1) is 15.3. The van der Waals surface area contributed by atoms with E-state index in [2.05, 4.69) is 33.5 Å². The Bertz CT molecular complexity index is 665. The maximum absolute atomic E-state index is 11.7. The van der Waals surface area contributed by atoms with Gasteiger partial charge in [0.1, 0.15) is 12.4 Å². The molecule has 1 aromatic carbocycles. The molecule has 5 heteroatoms. The summed E-state index contributed by atoms with van der Waals surface area (Å²) in [6, 6.07) is 8.89. The quantitative estimate of drug-likeness (QED) is 0.445. The molecule has 4 nitrogen and oxygen atoms in total. The molecule has 0 spiro atoms. The van der Waals surface area contributed by atoms with Crippen LogP contribution in [0.25, 0.3) is 0 Å². The zero-order chi connectivity index (χ0) is 15.1. The molecule has 0 aliphatic heterocycles. The van der Waals surface area contributed by atoms with Gasteiger partial charge in [0.05, 0.1) is 9.13 Å². The fourth-order valence-corrected chi connectivity index (χ4v) is 2.25. The molecule has 0 aliphatic carbocycles. The van der Waals surface area contributed by atoms with Crippen molar-refractivity contribution >= 4 is 28.6 Å². The van der Waals surface area contributed by atoms with Crippen LogP contribution in [0.2, 0.25) is 0 Å². The van der Waals surface area contributed by atoms with Crippen molar-refractivity contribution in [1.29, 1.82) is 0 Å². The summed E-state index contributed by atoms with van der Waals surface area (Å²) in [4.78, 5) is 15.7. The molecule has 2 aromatic rings. The SMILES string of the molecule is C#CCOC(=O)c1ccc(OCc2cccnc2)c(I)c1. The molecule has 0 N–H and O–H groups in total. The number of aromatic nitrogens is 1. The van der Waals surface area contributed by atoms with Crippen molar-refractivity contribution in [1.82, 2.24) is 4.98 Å². The zero-order valence-electron chi connectivity index (χ0n) is 11.1. The summed E-state index contributed by atoms with van der Waals surface area (Å²) in [6.07, 6.45) is 8.51. The Balaban J connectivity index is 2.02. The first-order valence-electron chi connectivity index (χ1n) is 6.12. The fourth-order valence-electron chi connectivity index (χ4n) is 1.58. The Morgan fingerprint density at radius 1 is 1.38 bits per heavy atom. The number of esters is 1. The summed E-state index contributed by atoms with van der Waals surface area (Å²) in [6.45, 7) is 0.388. The van der Waals surface area contributed by atoms with Crippen LogP contribution < -0.4 is 4.74 Å². The fraction of sp³-hybridized carbons (Fsp3) is 0.125. The normalized spacial score (nSPS) is 9.71. The minimum atomic E-state index is -0.440. The third-order valence-electron chi connectivity index (χ3n) is 2.57. The van der Waals surface area contributed by atoms with E-state index in [-0.39, 0.29) is 6.61 Å². The van der Waals surface area contributed by atoms with E-state index in [4.69, 9.17) is 15.9 Å². The van der Waals surface area contributed by atoms with Gasteiger partial charge < -0.3 is 9.47 Å². The van der Waals surface area contributed by atoms with Crippen LogP contribution in [-0.2, 0) is 11.3 Å². The van der Waals surface area contributed by atoms with Crippen LogP contribution in [0.4, 0.5) is 0 Å². The molecule has 0 radical (unpaired) electrons. The van der Waals surface area contributed by atoms with E-state index in [0.717, 1.165) is 9.13 Å². The lowest BCUT2D eigenvalue weighted by Crippen LogP contribution is -2.06. The van der Waals surface area contributed by atoms with Crippen molar-refractivity contribution in [2.45, 2.75) is 6.61 Å². The summed E-state index contributed by atoms with van der Waals surface area (Å²) in [5.41, 5.74) is 1.43. The Kier molecular flexibility index (Phi) is 5.58. The molecule has 0 amide bonds. The lowest BCUT2D eigenvalue weighted by Gasteiger charge is -2.09. The minimum absolute atomic E-state index is 0.0331. The van der Waals surface area contributed by atoms with Crippen molar-refractivity contribution in [2.75, 3.05) is 6.61 Å². The average molecular weight is 393 g/mol. The first-order chi connectivity index (χ1) is 10.2. The second-order valence-electron chi connectivity index (χ2n) is 4.08. The minimum Gasteiger partial charge on any atom is -0.488 e. The van der Waals surface area contributed by atoms with E-state index >= 15 is 0 Å². The van der Waals surface area contributed by atoms with Crippen LogP contribution in [0.3, 0.4) is 0 Å². The third kappa shape index (κ3) is 4.46. The number of nitrogens with zero attached hydrogens (tertiary/aromatic N) is 1. The maximum Gasteiger partial charge on any atom is 0.339 e. The Morgan fingerprint density at radius 2 is 2.24 bits per heavy atom. The number of ether oxygens (including phenoxy) is 2. The van der Waals surface area contributed by atoms with Gasteiger partial charge in [0.2, 0.25) is 0 Å². The second kappa shape index (κ2) is 7.64. The summed E-state index contributed by atoms with van der Waals surface area (Å²) < 4.78 is 11.4. The summed E-state index contributed by atoms with van der Waals surface area (Å²) in [5, 5.41) is 0. The smallest absolute Gasteiger partial charge is 0.339 e. The molecule has 2 rings (SSSR count). The molecule has 0 bridgehead atoms. The molecule has 0 saturated heterocycles. The van der Waals surface area contributed by atoms with Crippen LogP contribution in [-0.4, -0.2) is 17.6 Å². The summed E-state index contributed by atoms with van der Waals surface area (Å²) in [7, 11) is 0. The monoisotopic (exact) mass is 393 g/mol. The standard InChI is InChI=1S/C16H12INO3/c1-2-8-20-16(19)13-5-6-15(14(17)9-13)21-11-12-4-3-7-18-10-12/h1,3-7,9-10H,8,11H2. The van der Waals surface area contributed by atoms with E-state index in [1.165, 1.54) is 0 Å². The van der Waals surface area contributed by atoms with Gasteiger partial charge >= 0.3 is 5.97 Å². The summed E-state index contributed by atoms with van der Waals surface area (Å²) >= 11 is 2.11. The maximum atomic E-state index is 11.7. The first-order valence-corrected chi connectivity index (χ1v) is 7.20. The predicted octanol–water partition coefficient (Wildman–Crippen LogP) is 3.06. The van der Waals surface area contributed by atoms with E-state index in [1.807, 2.05) is 12.1 Å². The lowest BCUT2D eigenvalue weighted by molar-refractivity contribution is 0.0556. The van der Waals surface area contributed by atoms with Crippen LogP contribution in [0.1, 0.15) is 15.9 Å². The van der Waals surface area contributed by atoms with Crippen molar-refractivity contribution in [3.05, 3.63) is 57.4 Å². The molecule has 0 saturated carbocycles. The molecule has 1 aromatic heterocycles. The Labute approximate surface area is 136 Å². The second-order valence-corrected chi connectivity index (χ2v) is 5.24. The molecule has 1 heterocycles. The van der Waals surface area contributed by atoms with Crippen LogP contribution in [0.15, 0.2) is 42.7 Å². The number of terminal acetylenes is 1. The van der Waals surface area contributed by atoms with Crippen molar-refractivity contribution in [3.63, 3.8) is 0 Å². The van der Waals surface area contributed by atoms with E-state index < -0.39 is 5.97 Å². The van der Waals surface area contributed by atoms with Gasteiger partial charge in [-0.05, 0) is 46.9 Å². The van der Waals surface area contributed by atoms with Gasteiger partial charge in [0.25, 0.3) is 0 Å². The van der Waals surface area contributed by atoms with Gasteiger partial charge in [-0.2, -0.15) is 0 Å². The highest BCUT2D eigenvalue weighted by molar-refractivity contribution is 14.1. The lowest BCUT2D eigenvalue weighted by atomic mass is 10.2. The van der Waals surface area contributed by atoms with Crippen molar-refractivity contribution in [2.24, 2.45) is 0 Å². The molecule has 0 fully saturated rings. The highest BCUT2D eigenvalue weighted by Crippen LogP contribution is 2.23. The zero-order valence-corrected chi connectivity index (χ0v) is 13.2. The molecule has 0 atom stereocenters. The van der Waals surface area contributed by atoms with Crippen LogP contribution in [0.5, 0.6) is 5.75 Å². The molecular weight excluding hydrogens is 381 g/mol. The van der Waals surface area contributed by atoms with Crippen LogP contribution >= 0.6 is 22.6 Å². The average Bonchev–Trinajstić information content (AvgIpc) is 2.52. The van der Waals surface area contributed by atoms with Gasteiger partial charge in [-0.3, -0.25) is 4.98 Å². The topological polar surface area (TPSA) is 48.4 Å². The molecule has 0 aliphatic rings. The Hall–Kier alpha value is -2.07. The number of halogens is 1. The van der Waals surface area contributed by atoms with E-state index in [0.29, 0.717) is 17.9 Å².